The van der Waals surface area contributed by atoms with E-state index in [2.05, 4.69) is 12.2 Å². The van der Waals surface area contributed by atoms with Gasteiger partial charge in [0.15, 0.2) is 0 Å². The fraction of sp³-hybridized carbons (Fsp3) is 0.938. The first-order valence-corrected chi connectivity index (χ1v) is 9.39. The molecule has 0 saturated heterocycles. The fourth-order valence-corrected chi connectivity index (χ4v) is 3.65. The third-order valence-corrected chi connectivity index (χ3v) is 5.25. The number of amides is 1. The summed E-state index contributed by atoms with van der Waals surface area (Å²) in [4.78, 5) is 12.0. The van der Waals surface area contributed by atoms with Gasteiger partial charge in [-0.15, -0.1) is 0 Å². The smallest absolute Gasteiger partial charge is 0.223 e. The van der Waals surface area contributed by atoms with Crippen molar-refractivity contribution in [1.82, 2.24) is 5.32 Å². The zero-order valence-electron chi connectivity index (χ0n) is 12.9. The summed E-state index contributed by atoms with van der Waals surface area (Å²) in [6.45, 7) is 3.28. The van der Waals surface area contributed by atoms with Gasteiger partial charge in [-0.05, 0) is 43.8 Å². The maximum absolute atomic E-state index is 12.0. The van der Waals surface area contributed by atoms with Crippen LogP contribution in [0.4, 0.5) is 0 Å². The maximum atomic E-state index is 12.0. The zero-order chi connectivity index (χ0) is 14.6. The second-order valence-electron chi connectivity index (χ2n) is 5.84. The Labute approximate surface area is 128 Å². The Hall–Kier alpha value is -0.220. The van der Waals surface area contributed by atoms with Gasteiger partial charge in [0.2, 0.25) is 5.91 Å². The lowest BCUT2D eigenvalue weighted by atomic mass is 9.79. The minimum atomic E-state index is 0.260. The van der Waals surface area contributed by atoms with Crippen LogP contribution in [0.25, 0.3) is 0 Å². The lowest BCUT2D eigenvalue weighted by Gasteiger charge is -2.27. The molecule has 20 heavy (non-hydrogen) atoms. The molecule has 0 aromatic rings. The van der Waals surface area contributed by atoms with E-state index in [1.54, 1.807) is 11.8 Å². The molecule has 0 bridgehead atoms. The molecule has 118 valence electrons. The van der Waals surface area contributed by atoms with Crippen LogP contribution >= 0.6 is 11.8 Å². The van der Waals surface area contributed by atoms with Gasteiger partial charge in [-0.25, -0.2) is 0 Å². The molecule has 0 spiro atoms. The van der Waals surface area contributed by atoms with E-state index in [0.29, 0.717) is 0 Å². The summed E-state index contributed by atoms with van der Waals surface area (Å²) in [5.74, 6) is 3.33. The highest BCUT2D eigenvalue weighted by atomic mass is 32.2. The highest BCUT2D eigenvalue weighted by molar-refractivity contribution is 7.99. The highest BCUT2D eigenvalue weighted by Crippen LogP contribution is 2.31. The van der Waals surface area contributed by atoms with Crippen molar-refractivity contribution >= 4 is 17.7 Å². The summed E-state index contributed by atoms with van der Waals surface area (Å²) in [6, 6.07) is 0. The van der Waals surface area contributed by atoms with Gasteiger partial charge in [-0.2, -0.15) is 11.8 Å². The maximum Gasteiger partial charge on any atom is 0.223 e. The Morgan fingerprint density at radius 2 is 1.95 bits per heavy atom. The van der Waals surface area contributed by atoms with Crippen LogP contribution in [-0.4, -0.2) is 35.7 Å². The molecule has 3 nitrogen and oxygen atoms in total. The molecule has 1 aliphatic carbocycles. The molecule has 1 saturated carbocycles. The molecule has 0 atom stereocenters. The van der Waals surface area contributed by atoms with Crippen molar-refractivity contribution in [3.8, 4) is 0 Å². The number of hydrogen-bond acceptors (Lipinski definition) is 3. The van der Waals surface area contributed by atoms with E-state index in [0.717, 1.165) is 43.2 Å². The minimum absolute atomic E-state index is 0.260. The number of unbranched alkanes of at least 4 members (excludes halogenated alkanes) is 1. The molecule has 0 radical (unpaired) electrons. The van der Waals surface area contributed by atoms with Crippen molar-refractivity contribution in [2.24, 2.45) is 11.8 Å². The zero-order valence-corrected chi connectivity index (χ0v) is 13.7. The summed E-state index contributed by atoms with van der Waals surface area (Å²) in [5, 5.41) is 11.7. The van der Waals surface area contributed by atoms with Crippen molar-refractivity contribution in [1.29, 1.82) is 0 Å². The molecule has 1 fully saturated rings. The summed E-state index contributed by atoms with van der Waals surface area (Å²) in [7, 11) is 0. The van der Waals surface area contributed by atoms with Gasteiger partial charge in [-0.3, -0.25) is 4.79 Å². The monoisotopic (exact) mass is 301 g/mol. The van der Waals surface area contributed by atoms with Crippen molar-refractivity contribution < 1.29 is 9.90 Å². The number of aliphatic hydroxyl groups excluding tert-OH is 1. The van der Waals surface area contributed by atoms with Gasteiger partial charge in [0.25, 0.3) is 0 Å². The number of rotatable bonds is 10. The topological polar surface area (TPSA) is 49.3 Å². The van der Waals surface area contributed by atoms with Crippen LogP contribution in [0.5, 0.6) is 0 Å². The molecule has 4 heteroatoms. The molecule has 0 aromatic heterocycles. The van der Waals surface area contributed by atoms with Gasteiger partial charge in [-0.1, -0.05) is 26.2 Å². The average molecular weight is 301 g/mol. The predicted octanol–water partition coefficient (Wildman–Crippen LogP) is 3.21. The second-order valence-corrected chi connectivity index (χ2v) is 7.07. The standard InChI is InChI=1S/C16H31NO2S/c1-2-3-5-14-6-8-15(9-7-14)16(19)17-10-13-20-12-4-11-18/h14-15,18H,2-13H2,1H3,(H,17,19). The largest absolute Gasteiger partial charge is 0.396 e. The third kappa shape index (κ3) is 7.53. The highest BCUT2D eigenvalue weighted by Gasteiger charge is 2.25. The van der Waals surface area contributed by atoms with E-state index < -0.39 is 0 Å². The summed E-state index contributed by atoms with van der Waals surface area (Å²) in [5.41, 5.74) is 0. The third-order valence-electron chi connectivity index (χ3n) is 4.18. The Bertz CT molecular complexity index is 253. The predicted molar refractivity (Wildman–Crippen MR) is 87.0 cm³/mol. The van der Waals surface area contributed by atoms with Crippen LogP contribution in [0.15, 0.2) is 0 Å². The first-order chi connectivity index (χ1) is 9.77. The molecule has 1 amide bonds. The van der Waals surface area contributed by atoms with Crippen LogP contribution in [0.2, 0.25) is 0 Å². The van der Waals surface area contributed by atoms with E-state index >= 15 is 0 Å². The lowest BCUT2D eigenvalue weighted by molar-refractivity contribution is -0.126. The van der Waals surface area contributed by atoms with Crippen LogP contribution < -0.4 is 5.32 Å². The Morgan fingerprint density at radius 1 is 1.20 bits per heavy atom. The van der Waals surface area contributed by atoms with E-state index in [1.165, 1.54) is 32.1 Å². The quantitative estimate of drug-likeness (QED) is 0.609. The van der Waals surface area contributed by atoms with Crippen molar-refractivity contribution in [3.63, 3.8) is 0 Å². The second kappa shape index (κ2) is 11.4. The van der Waals surface area contributed by atoms with Gasteiger partial charge in [0.1, 0.15) is 0 Å². The van der Waals surface area contributed by atoms with Gasteiger partial charge >= 0.3 is 0 Å². The molecular formula is C16H31NO2S. The number of carbonyl (C=O) groups excluding carboxylic acids is 1. The van der Waals surface area contributed by atoms with Gasteiger partial charge < -0.3 is 10.4 Å². The van der Waals surface area contributed by atoms with Gasteiger partial charge in [0, 0.05) is 24.8 Å². The number of carbonyl (C=O) groups is 1. The molecule has 0 aromatic carbocycles. The molecule has 2 N–H and O–H groups in total. The van der Waals surface area contributed by atoms with Crippen LogP contribution in [0, 0.1) is 11.8 Å². The van der Waals surface area contributed by atoms with Crippen LogP contribution in [0.1, 0.15) is 58.3 Å². The first kappa shape index (κ1) is 17.8. The lowest BCUT2D eigenvalue weighted by Crippen LogP contribution is -2.34. The van der Waals surface area contributed by atoms with Gasteiger partial charge in [0.05, 0.1) is 0 Å². The molecule has 0 unspecified atom stereocenters. The van der Waals surface area contributed by atoms with E-state index in [4.69, 9.17) is 5.11 Å². The normalized spacial score (nSPS) is 22.7. The molecule has 0 aliphatic heterocycles. The summed E-state index contributed by atoms with van der Waals surface area (Å²) < 4.78 is 0. The SMILES string of the molecule is CCCCC1CCC(C(=O)NCCSCCCO)CC1. The van der Waals surface area contributed by atoms with E-state index in [1.807, 2.05) is 0 Å². The number of aliphatic hydroxyl groups is 1. The average Bonchev–Trinajstić information content (AvgIpc) is 2.49. The first-order valence-electron chi connectivity index (χ1n) is 8.24. The number of hydrogen-bond donors (Lipinski definition) is 2. The van der Waals surface area contributed by atoms with E-state index in [9.17, 15) is 4.79 Å². The Kier molecular flexibility index (Phi) is 10.2. The summed E-state index contributed by atoms with van der Waals surface area (Å²) >= 11 is 1.80. The molecular weight excluding hydrogens is 270 g/mol. The van der Waals surface area contributed by atoms with Crippen LogP contribution in [-0.2, 0) is 4.79 Å². The van der Waals surface area contributed by atoms with Crippen molar-refractivity contribution in [2.45, 2.75) is 58.3 Å². The minimum Gasteiger partial charge on any atom is -0.396 e. The molecule has 0 heterocycles. The Morgan fingerprint density at radius 3 is 2.60 bits per heavy atom. The number of nitrogens with one attached hydrogen (secondary N) is 1. The molecule has 1 aliphatic rings. The number of thioether (sulfide) groups is 1. The van der Waals surface area contributed by atoms with E-state index in [-0.39, 0.29) is 18.4 Å². The van der Waals surface area contributed by atoms with Crippen molar-refractivity contribution in [2.75, 3.05) is 24.7 Å². The van der Waals surface area contributed by atoms with Crippen molar-refractivity contribution in [3.05, 3.63) is 0 Å². The summed E-state index contributed by atoms with van der Waals surface area (Å²) in [6.07, 6.45) is 9.47. The van der Waals surface area contributed by atoms with Crippen LogP contribution in [0.3, 0.4) is 0 Å². The molecule has 1 rings (SSSR count). The fourth-order valence-electron chi connectivity index (χ4n) is 2.87. The Balaban J connectivity index is 2.04.